The van der Waals surface area contributed by atoms with E-state index in [0.29, 0.717) is 34.5 Å². The Hall–Kier alpha value is -2.52. The lowest BCUT2D eigenvalue weighted by molar-refractivity contribution is 0.304. The number of rotatable bonds is 7. The van der Waals surface area contributed by atoms with E-state index in [1.54, 1.807) is 30.5 Å². The van der Waals surface area contributed by atoms with E-state index in [9.17, 15) is 0 Å². The molecule has 3 aromatic carbocycles. The Morgan fingerprint density at radius 1 is 1.07 bits per heavy atom. The third-order valence-corrected chi connectivity index (χ3v) is 5.43. The Kier molecular flexibility index (Phi) is 7.54. The number of benzene rings is 3. The first kappa shape index (κ1) is 21.2. The quantitative estimate of drug-likeness (QED) is 0.312. The fourth-order valence-corrected chi connectivity index (χ4v) is 3.61. The van der Waals surface area contributed by atoms with Gasteiger partial charge in [0.1, 0.15) is 12.4 Å². The standard InChI is InChI=1S/C22H16BrCl2N3O/c23-19-10-15(12-27-28-13-18-20(24)6-3-7-21(18)25)8-9-22(19)29-14-17-5-2-1-4-16(17)11-26/h1-10,12,28H,13-14H2/b27-12+. The molecule has 3 aromatic rings. The lowest BCUT2D eigenvalue weighted by Crippen LogP contribution is -2.06. The third-order valence-electron chi connectivity index (χ3n) is 4.10. The van der Waals surface area contributed by atoms with E-state index in [-0.39, 0.29) is 0 Å². The van der Waals surface area contributed by atoms with Crippen LogP contribution in [0.1, 0.15) is 22.3 Å². The largest absolute Gasteiger partial charge is 0.488 e. The van der Waals surface area contributed by atoms with Gasteiger partial charge in [0.2, 0.25) is 0 Å². The van der Waals surface area contributed by atoms with Crippen molar-refractivity contribution in [3.8, 4) is 11.8 Å². The predicted octanol–water partition coefficient (Wildman–Crippen LogP) is 6.33. The summed E-state index contributed by atoms with van der Waals surface area (Å²) in [5, 5.41) is 14.6. The highest BCUT2D eigenvalue weighted by Gasteiger charge is 2.06. The average molecular weight is 489 g/mol. The molecule has 29 heavy (non-hydrogen) atoms. The Morgan fingerprint density at radius 2 is 1.83 bits per heavy atom. The molecule has 0 radical (unpaired) electrons. The van der Waals surface area contributed by atoms with Crippen LogP contribution in [0.3, 0.4) is 0 Å². The van der Waals surface area contributed by atoms with Crippen molar-refractivity contribution in [2.75, 3.05) is 0 Å². The summed E-state index contributed by atoms with van der Waals surface area (Å²) in [6, 6.07) is 20.6. The first-order valence-electron chi connectivity index (χ1n) is 8.67. The minimum atomic E-state index is 0.315. The maximum absolute atomic E-state index is 9.16. The molecule has 4 nitrogen and oxygen atoms in total. The number of hydrogen-bond donors (Lipinski definition) is 1. The van der Waals surface area contributed by atoms with Gasteiger partial charge in [-0.05, 0) is 57.9 Å². The first-order chi connectivity index (χ1) is 14.1. The summed E-state index contributed by atoms with van der Waals surface area (Å²) in [5.41, 5.74) is 6.09. The van der Waals surface area contributed by atoms with Crippen molar-refractivity contribution in [2.45, 2.75) is 13.2 Å². The van der Waals surface area contributed by atoms with Gasteiger partial charge in [-0.25, -0.2) is 0 Å². The number of ether oxygens (including phenoxy) is 1. The molecule has 3 rings (SSSR count). The van der Waals surface area contributed by atoms with Crippen LogP contribution in [0.5, 0.6) is 5.75 Å². The molecule has 0 aliphatic rings. The topological polar surface area (TPSA) is 57.4 Å². The van der Waals surface area contributed by atoms with Crippen LogP contribution in [0.15, 0.2) is 70.2 Å². The second-order valence-corrected chi connectivity index (χ2v) is 7.71. The molecule has 0 bridgehead atoms. The molecule has 0 saturated heterocycles. The zero-order chi connectivity index (χ0) is 20.6. The summed E-state index contributed by atoms with van der Waals surface area (Å²) in [4.78, 5) is 0. The van der Waals surface area contributed by atoms with Crippen LogP contribution in [0.25, 0.3) is 0 Å². The zero-order valence-electron chi connectivity index (χ0n) is 15.2. The lowest BCUT2D eigenvalue weighted by atomic mass is 10.1. The number of nitrogens with zero attached hydrogens (tertiary/aromatic N) is 2. The molecule has 0 atom stereocenters. The molecular weight excluding hydrogens is 473 g/mol. The van der Waals surface area contributed by atoms with E-state index in [1.165, 1.54) is 0 Å². The van der Waals surface area contributed by atoms with Gasteiger partial charge >= 0.3 is 0 Å². The number of nitrogens with one attached hydrogen (secondary N) is 1. The second-order valence-electron chi connectivity index (χ2n) is 6.04. The fourth-order valence-electron chi connectivity index (χ4n) is 2.57. The second kappa shape index (κ2) is 10.3. The summed E-state index contributed by atoms with van der Waals surface area (Å²) in [6.45, 7) is 0.742. The molecule has 1 N–H and O–H groups in total. The van der Waals surface area contributed by atoms with Crippen molar-refractivity contribution in [3.63, 3.8) is 0 Å². The van der Waals surface area contributed by atoms with Gasteiger partial charge in [-0.1, -0.05) is 47.5 Å². The summed E-state index contributed by atoms with van der Waals surface area (Å²) < 4.78 is 6.64. The van der Waals surface area contributed by atoms with Gasteiger partial charge in [0.25, 0.3) is 0 Å². The number of nitriles is 1. The number of halogens is 3. The van der Waals surface area contributed by atoms with Gasteiger partial charge in [0, 0.05) is 21.2 Å². The van der Waals surface area contributed by atoms with Gasteiger partial charge < -0.3 is 10.2 Å². The summed E-state index contributed by atoms with van der Waals surface area (Å²) >= 11 is 15.8. The van der Waals surface area contributed by atoms with Crippen LogP contribution in [-0.4, -0.2) is 6.21 Å². The van der Waals surface area contributed by atoms with Crippen LogP contribution in [0, 0.1) is 11.3 Å². The van der Waals surface area contributed by atoms with Gasteiger partial charge in [-0.3, -0.25) is 0 Å². The van der Waals surface area contributed by atoms with Crippen molar-refractivity contribution in [3.05, 3.63) is 97.4 Å². The third kappa shape index (κ3) is 5.74. The van der Waals surface area contributed by atoms with E-state index >= 15 is 0 Å². The minimum Gasteiger partial charge on any atom is -0.488 e. The van der Waals surface area contributed by atoms with Crippen molar-refractivity contribution < 1.29 is 4.74 Å². The molecule has 146 valence electrons. The molecular formula is C22H16BrCl2N3O. The van der Waals surface area contributed by atoms with Crippen LogP contribution < -0.4 is 10.2 Å². The number of hydrogen-bond acceptors (Lipinski definition) is 4. The van der Waals surface area contributed by atoms with Crippen LogP contribution in [-0.2, 0) is 13.2 Å². The van der Waals surface area contributed by atoms with Crippen LogP contribution in [0.4, 0.5) is 0 Å². The van der Waals surface area contributed by atoms with E-state index in [1.807, 2.05) is 36.4 Å². The molecule has 7 heteroatoms. The number of hydrazone groups is 1. The molecule has 0 aliphatic heterocycles. The highest BCUT2D eigenvalue weighted by Crippen LogP contribution is 2.27. The van der Waals surface area contributed by atoms with E-state index < -0.39 is 0 Å². The maximum Gasteiger partial charge on any atom is 0.134 e. The molecule has 0 heterocycles. The smallest absolute Gasteiger partial charge is 0.134 e. The molecule has 0 fully saturated rings. The van der Waals surface area contributed by atoms with E-state index in [4.69, 9.17) is 33.2 Å². The van der Waals surface area contributed by atoms with E-state index in [0.717, 1.165) is 21.2 Å². The Bertz CT molecular complexity index is 1060. The molecule has 0 aliphatic carbocycles. The molecule has 0 spiro atoms. The van der Waals surface area contributed by atoms with Crippen molar-refractivity contribution in [1.29, 1.82) is 5.26 Å². The highest BCUT2D eigenvalue weighted by molar-refractivity contribution is 9.10. The minimum absolute atomic E-state index is 0.315. The molecule has 0 aromatic heterocycles. The van der Waals surface area contributed by atoms with Gasteiger partial charge in [-0.15, -0.1) is 0 Å². The SMILES string of the molecule is N#Cc1ccccc1COc1ccc(/C=N/NCc2c(Cl)cccc2Cl)cc1Br. The van der Waals surface area contributed by atoms with Gasteiger partial charge in [0.05, 0.1) is 28.9 Å². The summed E-state index contributed by atoms with van der Waals surface area (Å²) in [6.07, 6.45) is 1.70. The van der Waals surface area contributed by atoms with Crippen LogP contribution >= 0.6 is 39.1 Å². The Morgan fingerprint density at radius 3 is 2.55 bits per heavy atom. The molecule has 0 unspecified atom stereocenters. The van der Waals surface area contributed by atoms with E-state index in [2.05, 4.69) is 32.5 Å². The molecule has 0 amide bonds. The lowest BCUT2D eigenvalue weighted by Gasteiger charge is -2.10. The average Bonchev–Trinajstić information content (AvgIpc) is 2.72. The van der Waals surface area contributed by atoms with Crippen LogP contribution in [0.2, 0.25) is 10.0 Å². The Balaban J connectivity index is 1.59. The first-order valence-corrected chi connectivity index (χ1v) is 10.2. The monoisotopic (exact) mass is 487 g/mol. The maximum atomic E-state index is 9.16. The Labute approximate surface area is 187 Å². The van der Waals surface area contributed by atoms with Crippen molar-refractivity contribution >= 4 is 45.3 Å². The summed E-state index contributed by atoms with van der Waals surface area (Å²) in [5.74, 6) is 0.686. The highest BCUT2D eigenvalue weighted by atomic mass is 79.9. The van der Waals surface area contributed by atoms with Crippen molar-refractivity contribution in [1.82, 2.24) is 5.43 Å². The van der Waals surface area contributed by atoms with Gasteiger partial charge in [0.15, 0.2) is 0 Å². The molecule has 0 saturated carbocycles. The van der Waals surface area contributed by atoms with Gasteiger partial charge in [-0.2, -0.15) is 10.4 Å². The van der Waals surface area contributed by atoms with Crippen molar-refractivity contribution in [2.24, 2.45) is 5.10 Å². The zero-order valence-corrected chi connectivity index (χ0v) is 18.3. The fraction of sp³-hybridized carbons (Fsp3) is 0.0909. The predicted molar refractivity (Wildman–Crippen MR) is 121 cm³/mol. The normalized spacial score (nSPS) is 10.7. The summed E-state index contributed by atoms with van der Waals surface area (Å²) in [7, 11) is 0.